The molecule has 0 bridgehead atoms. The predicted molar refractivity (Wildman–Crippen MR) is 77.5 cm³/mol. The molecule has 0 spiro atoms. The number of nitriles is 1. The van der Waals surface area contributed by atoms with Crippen LogP contribution in [-0.2, 0) is 6.54 Å². The van der Waals surface area contributed by atoms with Crippen LogP contribution >= 0.6 is 0 Å². The Bertz CT molecular complexity index is 538. The van der Waals surface area contributed by atoms with E-state index < -0.39 is 0 Å². The monoisotopic (exact) mass is 250 g/mol. The molecule has 0 heterocycles. The van der Waals surface area contributed by atoms with Gasteiger partial charge in [0.1, 0.15) is 0 Å². The summed E-state index contributed by atoms with van der Waals surface area (Å²) in [6.07, 6.45) is 1.06. The van der Waals surface area contributed by atoms with Crippen LogP contribution in [0.1, 0.15) is 36.1 Å². The number of hydrogen-bond donors (Lipinski definition) is 1. The lowest BCUT2D eigenvalue weighted by Gasteiger charge is -2.17. The molecule has 0 aromatic heterocycles. The first-order valence-electron chi connectivity index (χ1n) is 6.61. The maximum atomic E-state index is 8.77. The Hall–Kier alpha value is -2.11. The van der Waals surface area contributed by atoms with E-state index in [1.807, 2.05) is 30.3 Å². The maximum absolute atomic E-state index is 8.77. The van der Waals surface area contributed by atoms with Gasteiger partial charge in [-0.15, -0.1) is 0 Å². The molecule has 2 nitrogen and oxygen atoms in total. The predicted octanol–water partition coefficient (Wildman–Crippen LogP) is 3.80. The van der Waals surface area contributed by atoms with Crippen molar-refractivity contribution >= 4 is 0 Å². The first-order chi connectivity index (χ1) is 9.33. The third kappa shape index (κ3) is 3.67. The smallest absolute Gasteiger partial charge is 0.0991 e. The summed E-state index contributed by atoms with van der Waals surface area (Å²) in [5.41, 5.74) is 3.23. The van der Waals surface area contributed by atoms with Crippen molar-refractivity contribution in [1.29, 1.82) is 5.26 Å². The second-order valence-electron chi connectivity index (χ2n) is 4.56. The Morgan fingerprint density at radius 1 is 1.05 bits per heavy atom. The Kier molecular flexibility index (Phi) is 4.72. The summed E-state index contributed by atoms with van der Waals surface area (Å²) in [6.45, 7) is 3.00. The van der Waals surface area contributed by atoms with Crippen molar-refractivity contribution in [2.45, 2.75) is 25.9 Å². The van der Waals surface area contributed by atoms with Gasteiger partial charge in [0, 0.05) is 12.6 Å². The van der Waals surface area contributed by atoms with Crippen molar-refractivity contribution in [3.05, 3.63) is 71.3 Å². The highest BCUT2D eigenvalue weighted by molar-refractivity contribution is 5.31. The fourth-order valence-electron chi connectivity index (χ4n) is 2.12. The molecular formula is C17H18N2. The SMILES string of the molecule is CCC(NCc1ccc(C#N)cc1)c1ccccc1. The van der Waals surface area contributed by atoms with Crippen molar-refractivity contribution in [1.82, 2.24) is 5.32 Å². The summed E-state index contributed by atoms with van der Waals surface area (Å²) in [5.74, 6) is 0. The fourth-order valence-corrected chi connectivity index (χ4v) is 2.12. The molecule has 2 heteroatoms. The Morgan fingerprint density at radius 2 is 1.74 bits per heavy atom. The first kappa shape index (κ1) is 13.3. The topological polar surface area (TPSA) is 35.8 Å². The molecule has 0 aliphatic rings. The third-order valence-electron chi connectivity index (χ3n) is 3.25. The fraction of sp³-hybridized carbons (Fsp3) is 0.235. The lowest BCUT2D eigenvalue weighted by molar-refractivity contribution is 0.519. The van der Waals surface area contributed by atoms with Crippen molar-refractivity contribution in [2.24, 2.45) is 0 Å². The van der Waals surface area contributed by atoms with E-state index in [9.17, 15) is 0 Å². The second kappa shape index (κ2) is 6.72. The molecule has 0 fully saturated rings. The highest BCUT2D eigenvalue weighted by Crippen LogP contribution is 2.16. The number of nitrogens with one attached hydrogen (secondary N) is 1. The van der Waals surface area contributed by atoms with E-state index in [1.54, 1.807) is 0 Å². The van der Waals surface area contributed by atoms with Crippen LogP contribution in [0.3, 0.4) is 0 Å². The highest BCUT2D eigenvalue weighted by Gasteiger charge is 2.07. The van der Waals surface area contributed by atoms with Crippen LogP contribution in [0.5, 0.6) is 0 Å². The third-order valence-corrected chi connectivity index (χ3v) is 3.25. The first-order valence-corrected chi connectivity index (χ1v) is 6.61. The Balaban J connectivity index is 1.98. The molecule has 0 amide bonds. The Morgan fingerprint density at radius 3 is 2.32 bits per heavy atom. The van der Waals surface area contributed by atoms with E-state index in [0.717, 1.165) is 13.0 Å². The summed E-state index contributed by atoms with van der Waals surface area (Å²) < 4.78 is 0. The molecule has 2 aromatic carbocycles. The summed E-state index contributed by atoms with van der Waals surface area (Å²) >= 11 is 0. The normalized spacial score (nSPS) is 11.8. The van der Waals surface area contributed by atoms with Gasteiger partial charge in [-0.25, -0.2) is 0 Å². The van der Waals surface area contributed by atoms with Gasteiger partial charge in [0.15, 0.2) is 0 Å². The minimum atomic E-state index is 0.372. The molecule has 1 unspecified atom stereocenters. The zero-order chi connectivity index (χ0) is 13.5. The number of hydrogen-bond acceptors (Lipinski definition) is 2. The van der Waals surface area contributed by atoms with Gasteiger partial charge in [0.25, 0.3) is 0 Å². The average Bonchev–Trinajstić information content (AvgIpc) is 2.49. The van der Waals surface area contributed by atoms with Crippen molar-refractivity contribution < 1.29 is 0 Å². The highest BCUT2D eigenvalue weighted by atomic mass is 14.9. The number of nitrogens with zero attached hydrogens (tertiary/aromatic N) is 1. The van der Waals surface area contributed by atoms with Crippen LogP contribution in [0, 0.1) is 11.3 Å². The molecule has 19 heavy (non-hydrogen) atoms. The van der Waals surface area contributed by atoms with Crippen LogP contribution in [0.4, 0.5) is 0 Å². The van der Waals surface area contributed by atoms with Gasteiger partial charge in [-0.2, -0.15) is 5.26 Å². The van der Waals surface area contributed by atoms with E-state index >= 15 is 0 Å². The minimum Gasteiger partial charge on any atom is -0.306 e. The second-order valence-corrected chi connectivity index (χ2v) is 4.56. The van der Waals surface area contributed by atoms with Crippen molar-refractivity contribution in [2.75, 3.05) is 0 Å². The Labute approximate surface area is 114 Å². The molecule has 0 saturated carbocycles. The molecule has 0 radical (unpaired) electrons. The molecule has 0 aliphatic carbocycles. The maximum Gasteiger partial charge on any atom is 0.0991 e. The van der Waals surface area contributed by atoms with Gasteiger partial charge in [0.2, 0.25) is 0 Å². The summed E-state index contributed by atoms with van der Waals surface area (Å²) in [6, 6.07) is 20.7. The van der Waals surface area contributed by atoms with Crippen molar-refractivity contribution in [3.8, 4) is 6.07 Å². The van der Waals surface area contributed by atoms with E-state index in [4.69, 9.17) is 5.26 Å². The number of benzene rings is 2. The van der Waals surface area contributed by atoms with Gasteiger partial charge in [-0.05, 0) is 29.7 Å². The van der Waals surface area contributed by atoms with Crippen LogP contribution in [0.15, 0.2) is 54.6 Å². The zero-order valence-electron chi connectivity index (χ0n) is 11.1. The van der Waals surface area contributed by atoms with Crippen LogP contribution < -0.4 is 5.32 Å². The van der Waals surface area contributed by atoms with Gasteiger partial charge in [0.05, 0.1) is 11.6 Å². The quantitative estimate of drug-likeness (QED) is 0.876. The molecule has 1 N–H and O–H groups in total. The lowest BCUT2D eigenvalue weighted by Crippen LogP contribution is -2.20. The summed E-state index contributed by atoms with van der Waals surface area (Å²) in [7, 11) is 0. The van der Waals surface area contributed by atoms with E-state index in [1.165, 1.54) is 11.1 Å². The van der Waals surface area contributed by atoms with E-state index in [0.29, 0.717) is 11.6 Å². The molecule has 2 aromatic rings. The molecule has 2 rings (SSSR count). The molecular weight excluding hydrogens is 232 g/mol. The molecule has 1 atom stereocenters. The van der Waals surface area contributed by atoms with Gasteiger partial charge in [-0.3, -0.25) is 0 Å². The molecule has 0 aliphatic heterocycles. The van der Waals surface area contributed by atoms with Gasteiger partial charge in [-0.1, -0.05) is 49.4 Å². The average molecular weight is 250 g/mol. The van der Waals surface area contributed by atoms with Crippen molar-refractivity contribution in [3.63, 3.8) is 0 Å². The summed E-state index contributed by atoms with van der Waals surface area (Å²) in [5, 5.41) is 12.3. The number of rotatable bonds is 5. The largest absolute Gasteiger partial charge is 0.306 e. The van der Waals surface area contributed by atoms with E-state index in [2.05, 4.69) is 42.6 Å². The van der Waals surface area contributed by atoms with Gasteiger partial charge < -0.3 is 5.32 Å². The molecule has 0 saturated heterocycles. The van der Waals surface area contributed by atoms with E-state index in [-0.39, 0.29) is 0 Å². The zero-order valence-corrected chi connectivity index (χ0v) is 11.1. The summed E-state index contributed by atoms with van der Waals surface area (Å²) in [4.78, 5) is 0. The minimum absolute atomic E-state index is 0.372. The lowest BCUT2D eigenvalue weighted by atomic mass is 10.0. The van der Waals surface area contributed by atoms with Crippen LogP contribution in [0.2, 0.25) is 0 Å². The van der Waals surface area contributed by atoms with Crippen LogP contribution in [-0.4, -0.2) is 0 Å². The standard InChI is InChI=1S/C17H18N2/c1-2-17(16-6-4-3-5-7-16)19-13-15-10-8-14(12-18)9-11-15/h3-11,17,19H,2,13H2,1H3. The molecule has 96 valence electrons. The van der Waals surface area contributed by atoms with Gasteiger partial charge >= 0.3 is 0 Å². The van der Waals surface area contributed by atoms with Crippen LogP contribution in [0.25, 0.3) is 0 Å².